The Hall–Kier alpha value is -1.39. The summed E-state index contributed by atoms with van der Waals surface area (Å²) in [5.41, 5.74) is 0. The number of hydrogen-bond acceptors (Lipinski definition) is 2. The molecular formula is C4H6N3O2+. The van der Waals surface area contributed by atoms with E-state index < -0.39 is 12.1 Å². The fourth-order valence-corrected chi connectivity index (χ4v) is 0.459. The number of amides is 4. The van der Waals surface area contributed by atoms with Gasteiger partial charge in [-0.25, -0.2) is 4.79 Å². The summed E-state index contributed by atoms with van der Waals surface area (Å²) in [6.45, 7) is 3.49. The molecule has 0 radical (unpaired) electrons. The standard InChI is InChI=1S/C4H5N3O2/c1-7-2-5-3(8)6-4(7)9/h1-2H2,(H-,5,6,8,9)/p+1. The maximum atomic E-state index is 10.5. The molecule has 9 heavy (non-hydrogen) atoms. The number of carbonyl (C=O) groups is 2. The second-order valence-corrected chi connectivity index (χ2v) is 1.63. The molecule has 1 heterocycles. The normalized spacial score (nSPS) is 18.9. The zero-order valence-corrected chi connectivity index (χ0v) is 4.68. The largest absolute Gasteiger partial charge is 0.500 e. The minimum absolute atomic E-state index is 0.171. The Morgan fingerprint density at radius 3 is 2.67 bits per heavy atom. The average Bonchev–Trinajstić information content (AvgIpc) is 1.80. The lowest BCUT2D eigenvalue weighted by Crippen LogP contribution is -2.52. The van der Waals surface area contributed by atoms with Crippen molar-refractivity contribution in [3.05, 3.63) is 0 Å². The van der Waals surface area contributed by atoms with Gasteiger partial charge >= 0.3 is 12.1 Å². The van der Waals surface area contributed by atoms with Crippen molar-refractivity contribution in [3.63, 3.8) is 0 Å². The van der Waals surface area contributed by atoms with Gasteiger partial charge in [0.15, 0.2) is 6.67 Å². The molecule has 48 valence electrons. The lowest BCUT2D eigenvalue weighted by atomic mass is 10.7. The van der Waals surface area contributed by atoms with Crippen LogP contribution < -0.4 is 10.6 Å². The lowest BCUT2D eigenvalue weighted by Gasteiger charge is -2.07. The Labute approximate surface area is 51.4 Å². The number of carbonyl (C=O) groups excluding carboxylic acids is 2. The monoisotopic (exact) mass is 128 g/mol. The molecule has 0 unspecified atom stereocenters. The highest BCUT2D eigenvalue weighted by Crippen LogP contribution is 1.79. The van der Waals surface area contributed by atoms with Gasteiger partial charge in [0.1, 0.15) is 0 Å². The van der Waals surface area contributed by atoms with Gasteiger partial charge in [-0.15, -0.1) is 0 Å². The van der Waals surface area contributed by atoms with E-state index in [1.54, 1.807) is 0 Å². The summed E-state index contributed by atoms with van der Waals surface area (Å²) in [4.78, 5) is 20.8. The molecule has 0 aromatic rings. The van der Waals surface area contributed by atoms with Crippen molar-refractivity contribution in [2.45, 2.75) is 0 Å². The molecule has 1 rings (SSSR count). The van der Waals surface area contributed by atoms with E-state index in [9.17, 15) is 9.59 Å². The van der Waals surface area contributed by atoms with Gasteiger partial charge in [0.25, 0.3) is 0 Å². The molecule has 5 heteroatoms. The molecule has 0 aromatic carbocycles. The number of nitrogens with zero attached hydrogens (tertiary/aromatic N) is 1. The topological polar surface area (TPSA) is 61.2 Å². The highest BCUT2D eigenvalue weighted by Gasteiger charge is 2.24. The Kier molecular flexibility index (Phi) is 1.18. The van der Waals surface area contributed by atoms with Crippen LogP contribution in [0.4, 0.5) is 9.59 Å². The highest BCUT2D eigenvalue weighted by molar-refractivity contribution is 5.91. The minimum atomic E-state index is -0.473. The maximum Gasteiger partial charge on any atom is 0.500 e. The van der Waals surface area contributed by atoms with Crippen molar-refractivity contribution >= 4 is 18.8 Å². The van der Waals surface area contributed by atoms with Crippen LogP contribution in [0.25, 0.3) is 0 Å². The summed E-state index contributed by atoms with van der Waals surface area (Å²) in [6.07, 6.45) is 0. The fraction of sp³-hybridized carbons (Fsp3) is 0.250. The number of nitrogens with one attached hydrogen (secondary N) is 2. The van der Waals surface area contributed by atoms with Crippen LogP contribution in [-0.2, 0) is 0 Å². The molecule has 0 aromatic heterocycles. The van der Waals surface area contributed by atoms with E-state index in [0.717, 1.165) is 4.58 Å². The third-order valence-corrected chi connectivity index (χ3v) is 0.938. The number of rotatable bonds is 0. The van der Waals surface area contributed by atoms with Crippen LogP contribution in [0.5, 0.6) is 0 Å². The predicted molar refractivity (Wildman–Crippen MR) is 29.3 cm³/mol. The first-order valence-electron chi connectivity index (χ1n) is 2.37. The number of urea groups is 2. The zero-order valence-electron chi connectivity index (χ0n) is 4.68. The van der Waals surface area contributed by atoms with Crippen LogP contribution in [-0.4, -0.2) is 30.0 Å². The molecular weight excluding hydrogens is 122 g/mol. The third kappa shape index (κ3) is 1.04. The zero-order chi connectivity index (χ0) is 6.85. The summed E-state index contributed by atoms with van der Waals surface area (Å²) in [5.74, 6) is 0. The molecule has 1 fully saturated rings. The highest BCUT2D eigenvalue weighted by atomic mass is 16.2. The summed E-state index contributed by atoms with van der Waals surface area (Å²) >= 11 is 0. The van der Waals surface area contributed by atoms with Crippen LogP contribution in [0.2, 0.25) is 0 Å². The molecule has 2 N–H and O–H groups in total. The summed E-state index contributed by atoms with van der Waals surface area (Å²) < 4.78 is 1.11. The summed E-state index contributed by atoms with van der Waals surface area (Å²) in [7, 11) is 0. The van der Waals surface area contributed by atoms with Crippen molar-refractivity contribution < 1.29 is 14.2 Å². The fourth-order valence-electron chi connectivity index (χ4n) is 0.459. The van der Waals surface area contributed by atoms with Gasteiger partial charge in [-0.05, 0) is 0 Å². The van der Waals surface area contributed by atoms with Gasteiger partial charge in [-0.1, -0.05) is 0 Å². The Morgan fingerprint density at radius 1 is 1.56 bits per heavy atom. The first kappa shape index (κ1) is 5.74. The van der Waals surface area contributed by atoms with Gasteiger partial charge in [0.05, 0.1) is 6.72 Å². The molecule has 0 spiro atoms. The second-order valence-electron chi connectivity index (χ2n) is 1.63. The van der Waals surface area contributed by atoms with Gasteiger partial charge in [-0.3, -0.25) is 5.32 Å². The summed E-state index contributed by atoms with van der Waals surface area (Å²) in [5, 5.41) is 4.36. The van der Waals surface area contributed by atoms with Crippen molar-refractivity contribution in [3.8, 4) is 0 Å². The Balaban J connectivity index is 2.64. The van der Waals surface area contributed by atoms with Gasteiger partial charge in [-0.2, -0.15) is 14.7 Å². The van der Waals surface area contributed by atoms with E-state index in [2.05, 4.69) is 12.0 Å². The number of imide groups is 1. The lowest BCUT2D eigenvalue weighted by molar-refractivity contribution is -0.427. The van der Waals surface area contributed by atoms with Crippen LogP contribution >= 0.6 is 0 Å². The molecule has 0 bridgehead atoms. The van der Waals surface area contributed by atoms with Crippen LogP contribution in [0.1, 0.15) is 0 Å². The van der Waals surface area contributed by atoms with Gasteiger partial charge < -0.3 is 0 Å². The first-order valence-corrected chi connectivity index (χ1v) is 2.37. The maximum absolute atomic E-state index is 10.5. The van der Waals surface area contributed by atoms with Gasteiger partial charge in [0, 0.05) is 0 Å². The molecule has 0 atom stereocenters. The van der Waals surface area contributed by atoms with Crippen molar-refractivity contribution in [1.29, 1.82) is 0 Å². The van der Waals surface area contributed by atoms with Crippen molar-refractivity contribution in [2.75, 3.05) is 6.67 Å². The molecule has 1 aliphatic rings. The van der Waals surface area contributed by atoms with E-state index in [1.165, 1.54) is 0 Å². The molecule has 5 nitrogen and oxygen atoms in total. The SMILES string of the molecule is C=[N+]1CNC(=O)NC1=O. The molecule has 0 aliphatic carbocycles. The predicted octanol–water partition coefficient (Wildman–Crippen LogP) is -0.910. The number of hydrogen-bond donors (Lipinski definition) is 2. The molecule has 0 saturated carbocycles. The van der Waals surface area contributed by atoms with E-state index >= 15 is 0 Å². The smallest absolute Gasteiger partial charge is 0.281 e. The van der Waals surface area contributed by atoms with E-state index in [0.29, 0.717) is 0 Å². The van der Waals surface area contributed by atoms with E-state index in [4.69, 9.17) is 0 Å². The Bertz CT molecular complexity index is 186. The molecule has 1 aliphatic heterocycles. The quantitative estimate of drug-likeness (QED) is 0.415. The van der Waals surface area contributed by atoms with E-state index in [-0.39, 0.29) is 6.67 Å². The van der Waals surface area contributed by atoms with Crippen LogP contribution in [0, 0.1) is 0 Å². The first-order chi connectivity index (χ1) is 4.20. The summed E-state index contributed by atoms with van der Waals surface area (Å²) in [6, 6.07) is -0.946. The Morgan fingerprint density at radius 2 is 2.22 bits per heavy atom. The second kappa shape index (κ2) is 1.85. The van der Waals surface area contributed by atoms with Gasteiger partial charge in [0.2, 0.25) is 0 Å². The van der Waals surface area contributed by atoms with Crippen LogP contribution in [0.3, 0.4) is 0 Å². The van der Waals surface area contributed by atoms with Crippen LogP contribution in [0.15, 0.2) is 0 Å². The third-order valence-electron chi connectivity index (χ3n) is 0.938. The van der Waals surface area contributed by atoms with Crippen molar-refractivity contribution in [2.24, 2.45) is 0 Å². The molecule has 4 amide bonds. The minimum Gasteiger partial charge on any atom is -0.281 e. The van der Waals surface area contributed by atoms with Crippen molar-refractivity contribution in [1.82, 2.24) is 10.6 Å². The molecule has 1 saturated heterocycles. The average molecular weight is 128 g/mol. The van der Waals surface area contributed by atoms with E-state index in [1.807, 2.05) is 5.32 Å².